The van der Waals surface area contributed by atoms with Gasteiger partial charge in [0.2, 0.25) is 0 Å². The Morgan fingerprint density at radius 3 is 2.47 bits per heavy atom. The van der Waals surface area contributed by atoms with Crippen LogP contribution >= 0.6 is 0 Å². The van der Waals surface area contributed by atoms with Crippen LogP contribution in [0.2, 0.25) is 0 Å². The van der Waals surface area contributed by atoms with E-state index in [2.05, 4.69) is 19.1 Å². The van der Waals surface area contributed by atoms with E-state index < -0.39 is 17.8 Å². The zero-order valence-corrected chi connectivity index (χ0v) is 19.1. The lowest BCUT2D eigenvalue weighted by Crippen LogP contribution is -2.50. The van der Waals surface area contributed by atoms with Gasteiger partial charge in [-0.3, -0.25) is 4.79 Å². The topological polar surface area (TPSA) is 74.2 Å². The molecule has 2 unspecified atom stereocenters. The average Bonchev–Trinajstić information content (AvgIpc) is 3.53. The number of benzene rings is 1. The quantitative estimate of drug-likeness (QED) is 0.771. The maximum atomic E-state index is 13.9. The lowest BCUT2D eigenvalue weighted by atomic mass is 9.71. The minimum Gasteiger partial charge on any atom is -0.511 e. The summed E-state index contributed by atoms with van der Waals surface area (Å²) in [4.78, 5) is 13.9. The molecule has 0 saturated carbocycles. The molecular weight excluding hydrogens is 408 g/mol. The van der Waals surface area contributed by atoms with Gasteiger partial charge in [0.25, 0.3) is 0 Å². The molecule has 4 fully saturated rings. The van der Waals surface area contributed by atoms with E-state index in [-0.39, 0.29) is 29.7 Å². The average molecular weight is 441 g/mol. The maximum Gasteiger partial charge on any atom is 0.187 e. The third-order valence-corrected chi connectivity index (χ3v) is 8.41. The predicted octanol–water partition coefficient (Wildman–Crippen LogP) is 3.80. The van der Waals surface area contributed by atoms with Crippen LogP contribution in [0.15, 0.2) is 17.9 Å². The van der Waals surface area contributed by atoms with Crippen LogP contribution in [0.25, 0.3) is 5.57 Å². The summed E-state index contributed by atoms with van der Waals surface area (Å²) >= 11 is 0. The molecular formula is C26H32O6. The number of allylic oxidation sites excluding steroid dienone is 1. The number of ketones is 1. The van der Waals surface area contributed by atoms with Gasteiger partial charge in [-0.25, -0.2) is 0 Å². The second kappa shape index (κ2) is 7.39. The van der Waals surface area contributed by atoms with Gasteiger partial charge < -0.3 is 24.1 Å². The zero-order chi connectivity index (χ0) is 22.2. The highest BCUT2D eigenvalue weighted by Gasteiger charge is 2.71. The summed E-state index contributed by atoms with van der Waals surface area (Å²) < 4.78 is 24.6. The minimum atomic E-state index is -0.811. The Labute approximate surface area is 188 Å². The maximum absolute atomic E-state index is 13.9. The molecule has 0 spiro atoms. The summed E-state index contributed by atoms with van der Waals surface area (Å²) in [6.07, 6.45) is 2.76. The molecule has 6 heteroatoms. The Balaban J connectivity index is 1.32. The van der Waals surface area contributed by atoms with Gasteiger partial charge in [0.15, 0.2) is 12.1 Å². The summed E-state index contributed by atoms with van der Waals surface area (Å²) in [6.45, 7) is 8.13. The fourth-order valence-electron chi connectivity index (χ4n) is 7.09. The lowest BCUT2D eigenvalue weighted by molar-refractivity contribution is -0.203. The molecule has 1 N–H and O–H groups in total. The number of aliphatic hydroxyl groups excluding tert-OH is 1. The first kappa shape index (κ1) is 20.8. The summed E-state index contributed by atoms with van der Waals surface area (Å²) in [5, 5.41) is 11.3. The summed E-state index contributed by atoms with van der Waals surface area (Å²) in [5.41, 5.74) is 3.74. The SMILES string of the molecule is Cc1cc(C)c(C2=C(O)[C@H]3[C@@H]4CC[C@@](C5OCC(C6CCOCC6)O5)(O4)[C@H]3C2=O)c(C)c1. The van der Waals surface area contributed by atoms with Crippen molar-refractivity contribution in [3.8, 4) is 0 Å². The molecule has 172 valence electrons. The van der Waals surface area contributed by atoms with Crippen molar-refractivity contribution in [2.45, 2.75) is 70.6 Å². The molecule has 4 heterocycles. The van der Waals surface area contributed by atoms with Crippen LogP contribution in [-0.4, -0.2) is 54.8 Å². The van der Waals surface area contributed by atoms with Crippen molar-refractivity contribution in [1.82, 2.24) is 0 Å². The fourth-order valence-corrected chi connectivity index (χ4v) is 7.09. The number of fused-ring (bicyclic) bond motifs is 5. The number of carbonyl (C=O) groups is 1. The van der Waals surface area contributed by atoms with Crippen molar-refractivity contribution >= 4 is 11.4 Å². The first-order valence-electron chi connectivity index (χ1n) is 12.0. The number of aryl methyl sites for hydroxylation is 3. The number of hydrogen-bond donors (Lipinski definition) is 1. The minimum absolute atomic E-state index is 0.0131. The molecule has 0 aromatic heterocycles. The van der Waals surface area contributed by atoms with E-state index in [1.165, 1.54) is 0 Å². The van der Waals surface area contributed by atoms with E-state index in [0.29, 0.717) is 18.1 Å². The van der Waals surface area contributed by atoms with Crippen molar-refractivity contribution in [1.29, 1.82) is 0 Å². The number of carbonyl (C=O) groups excluding carboxylic acids is 1. The van der Waals surface area contributed by atoms with E-state index >= 15 is 0 Å². The van der Waals surface area contributed by atoms with Crippen LogP contribution in [0.1, 0.15) is 47.9 Å². The van der Waals surface area contributed by atoms with E-state index in [4.69, 9.17) is 18.9 Å². The largest absolute Gasteiger partial charge is 0.511 e. The van der Waals surface area contributed by atoms with Crippen LogP contribution in [0.4, 0.5) is 0 Å². The second-order valence-corrected chi connectivity index (χ2v) is 10.3. The van der Waals surface area contributed by atoms with Crippen molar-refractivity contribution in [2.75, 3.05) is 19.8 Å². The molecule has 1 aliphatic carbocycles. The molecule has 4 saturated heterocycles. The molecule has 1 aromatic carbocycles. The number of Topliss-reactive ketones (excluding diaryl/α,β-unsaturated/α-hetero) is 1. The third kappa shape index (κ3) is 2.82. The van der Waals surface area contributed by atoms with Crippen LogP contribution in [-0.2, 0) is 23.7 Å². The van der Waals surface area contributed by atoms with Crippen LogP contribution in [0.3, 0.4) is 0 Å². The Morgan fingerprint density at radius 1 is 1.03 bits per heavy atom. The Kier molecular flexibility index (Phi) is 4.81. The van der Waals surface area contributed by atoms with Crippen LogP contribution in [0, 0.1) is 38.5 Å². The highest BCUT2D eigenvalue weighted by Crippen LogP contribution is 2.61. The number of hydrogen-bond acceptors (Lipinski definition) is 6. The molecule has 6 rings (SSSR count). The number of ether oxygens (including phenoxy) is 4. The van der Waals surface area contributed by atoms with E-state index in [1.807, 2.05) is 13.8 Å². The van der Waals surface area contributed by atoms with Crippen molar-refractivity contribution in [2.24, 2.45) is 17.8 Å². The molecule has 0 amide bonds. The van der Waals surface area contributed by atoms with Gasteiger partial charge in [-0.1, -0.05) is 17.7 Å². The Bertz CT molecular complexity index is 969. The smallest absolute Gasteiger partial charge is 0.187 e. The van der Waals surface area contributed by atoms with E-state index in [9.17, 15) is 9.90 Å². The molecule has 32 heavy (non-hydrogen) atoms. The van der Waals surface area contributed by atoms with Crippen molar-refractivity contribution in [3.05, 3.63) is 40.1 Å². The summed E-state index contributed by atoms with van der Waals surface area (Å²) in [6, 6.07) is 4.15. The summed E-state index contributed by atoms with van der Waals surface area (Å²) in [7, 11) is 0. The van der Waals surface area contributed by atoms with Gasteiger partial charge in [-0.05, 0) is 69.1 Å². The molecule has 1 aromatic rings. The van der Waals surface area contributed by atoms with Gasteiger partial charge in [0, 0.05) is 13.2 Å². The first-order chi connectivity index (χ1) is 15.4. The second-order valence-electron chi connectivity index (χ2n) is 10.3. The van der Waals surface area contributed by atoms with Crippen molar-refractivity contribution < 1.29 is 28.8 Å². The van der Waals surface area contributed by atoms with Crippen LogP contribution < -0.4 is 0 Å². The number of aliphatic hydroxyl groups is 1. The van der Waals surface area contributed by atoms with Gasteiger partial charge in [0.05, 0.1) is 36.2 Å². The highest BCUT2D eigenvalue weighted by atomic mass is 16.7. The number of rotatable bonds is 3. The van der Waals surface area contributed by atoms with Gasteiger partial charge in [-0.15, -0.1) is 0 Å². The van der Waals surface area contributed by atoms with Crippen molar-refractivity contribution in [3.63, 3.8) is 0 Å². The zero-order valence-electron chi connectivity index (χ0n) is 19.1. The highest BCUT2D eigenvalue weighted by molar-refractivity contribution is 6.26. The fraction of sp³-hybridized carbons (Fsp3) is 0.654. The Morgan fingerprint density at radius 2 is 1.75 bits per heavy atom. The first-order valence-corrected chi connectivity index (χ1v) is 12.0. The molecule has 5 aliphatic rings. The molecule has 4 aliphatic heterocycles. The molecule has 6 nitrogen and oxygen atoms in total. The monoisotopic (exact) mass is 440 g/mol. The predicted molar refractivity (Wildman–Crippen MR) is 117 cm³/mol. The molecule has 6 atom stereocenters. The third-order valence-electron chi connectivity index (χ3n) is 8.41. The standard InChI is InChI=1S/C26H32O6/c1-13-10-14(2)19(15(3)11-13)21-23(27)20-17-4-7-26(32-17,22(20)24(21)28)25-30-12-18(31-25)16-5-8-29-9-6-16/h10-11,16-18,20,22,25,27H,4-9,12H2,1-3H3/t17-,18?,20-,22+,25?,26+/m0/s1. The van der Waals surface area contributed by atoms with Gasteiger partial charge in [-0.2, -0.15) is 0 Å². The molecule has 2 bridgehead atoms. The van der Waals surface area contributed by atoms with Gasteiger partial charge >= 0.3 is 0 Å². The van der Waals surface area contributed by atoms with E-state index in [1.54, 1.807) is 0 Å². The molecule has 0 radical (unpaired) electrons. The summed E-state index contributed by atoms with van der Waals surface area (Å²) in [5.74, 6) is -0.165. The normalized spacial score (nSPS) is 39.3. The van der Waals surface area contributed by atoms with Crippen LogP contribution in [0.5, 0.6) is 0 Å². The van der Waals surface area contributed by atoms with E-state index in [0.717, 1.165) is 61.2 Å². The lowest BCUT2D eigenvalue weighted by Gasteiger charge is -2.36. The van der Waals surface area contributed by atoms with Gasteiger partial charge in [0.1, 0.15) is 11.4 Å². The Hall–Kier alpha value is -1.73.